The van der Waals surface area contributed by atoms with Gasteiger partial charge in [0.25, 0.3) is 0 Å². The van der Waals surface area contributed by atoms with E-state index in [0.29, 0.717) is 11.8 Å². The Morgan fingerprint density at radius 1 is 1.00 bits per heavy atom. The highest BCUT2D eigenvalue weighted by atomic mass is 16.5. The summed E-state index contributed by atoms with van der Waals surface area (Å²) in [6.07, 6.45) is 17.0. The summed E-state index contributed by atoms with van der Waals surface area (Å²) in [5.41, 5.74) is 2.32. The molecule has 0 saturated heterocycles. The number of esters is 1. The molecule has 4 nitrogen and oxygen atoms in total. The Labute approximate surface area is 220 Å². The fraction of sp³-hybridized carbons (Fsp3) is 0.875. The fourth-order valence-corrected chi connectivity index (χ4v) is 9.38. The van der Waals surface area contributed by atoms with Gasteiger partial charge in [-0.3, -0.25) is 9.59 Å². The Morgan fingerprint density at radius 2 is 1.78 bits per heavy atom. The molecule has 1 N–H and O–H groups in total. The van der Waals surface area contributed by atoms with Crippen LogP contribution in [-0.2, 0) is 14.3 Å². The minimum Gasteiger partial charge on any atom is -0.481 e. The lowest BCUT2D eigenvalue weighted by atomic mass is 9.47. The van der Waals surface area contributed by atoms with Crippen molar-refractivity contribution in [3.63, 3.8) is 0 Å². The third-order valence-electron chi connectivity index (χ3n) is 11.3. The predicted molar refractivity (Wildman–Crippen MR) is 144 cm³/mol. The van der Waals surface area contributed by atoms with Crippen LogP contribution in [0.15, 0.2) is 11.6 Å². The Hall–Kier alpha value is -1.32. The number of carboxylic acid groups (broad SMARTS) is 1. The van der Waals surface area contributed by atoms with Crippen LogP contribution >= 0.6 is 0 Å². The smallest absolute Gasteiger partial charge is 0.306 e. The van der Waals surface area contributed by atoms with Gasteiger partial charge in [-0.1, -0.05) is 65.5 Å². The standard InChI is InChI=1S/C32H52O4/c1-21(2)8-6-9-22(3)26-14-15-27-25-13-12-23-20-24(36-30(35)11-7-10-29(33)34)16-18-31(23,4)28(25)17-19-32(26,27)5/h12,21-22,24-28H,6-11,13-20H2,1-5H3,(H,33,34)/t22-,24+,25+,26-,27+,28+,31+,32-/m1/s1. The average Bonchev–Trinajstić information content (AvgIpc) is 3.16. The van der Waals surface area contributed by atoms with Crippen molar-refractivity contribution in [2.24, 2.45) is 46.3 Å². The molecule has 4 heteroatoms. The van der Waals surface area contributed by atoms with Crippen molar-refractivity contribution in [2.45, 2.75) is 131 Å². The lowest BCUT2D eigenvalue weighted by Crippen LogP contribution is -2.51. The number of fused-ring (bicyclic) bond motifs is 5. The monoisotopic (exact) mass is 500 g/mol. The summed E-state index contributed by atoms with van der Waals surface area (Å²) in [6.45, 7) is 12.4. The quantitative estimate of drug-likeness (QED) is 0.242. The Bertz CT molecular complexity index is 830. The number of hydrogen-bond donors (Lipinski definition) is 1. The molecular weight excluding hydrogens is 448 g/mol. The zero-order valence-electron chi connectivity index (χ0n) is 23.7. The number of rotatable bonds is 10. The van der Waals surface area contributed by atoms with Gasteiger partial charge in [-0.2, -0.15) is 0 Å². The first-order valence-corrected chi connectivity index (χ1v) is 15.2. The number of allylic oxidation sites excluding steroid dienone is 1. The first-order valence-electron chi connectivity index (χ1n) is 15.2. The topological polar surface area (TPSA) is 63.6 Å². The molecule has 3 saturated carbocycles. The lowest BCUT2D eigenvalue weighted by molar-refractivity contribution is -0.151. The molecule has 204 valence electrons. The van der Waals surface area contributed by atoms with E-state index in [0.717, 1.165) is 54.8 Å². The molecule has 8 atom stereocenters. The molecule has 36 heavy (non-hydrogen) atoms. The molecule has 0 heterocycles. The van der Waals surface area contributed by atoms with E-state index in [-0.39, 0.29) is 30.3 Å². The normalized spacial score (nSPS) is 38.5. The van der Waals surface area contributed by atoms with Crippen LogP contribution in [0, 0.1) is 46.3 Å². The highest BCUT2D eigenvalue weighted by Crippen LogP contribution is 2.67. The van der Waals surface area contributed by atoms with Crippen molar-refractivity contribution < 1.29 is 19.4 Å². The van der Waals surface area contributed by atoms with Crippen molar-refractivity contribution in [1.29, 1.82) is 0 Å². The summed E-state index contributed by atoms with van der Waals surface area (Å²) in [7, 11) is 0. The van der Waals surface area contributed by atoms with E-state index in [9.17, 15) is 9.59 Å². The second-order valence-electron chi connectivity index (χ2n) is 13.9. The number of carbonyl (C=O) groups is 2. The highest BCUT2D eigenvalue weighted by molar-refractivity contribution is 5.71. The van der Waals surface area contributed by atoms with Crippen LogP contribution in [-0.4, -0.2) is 23.1 Å². The van der Waals surface area contributed by atoms with Gasteiger partial charge in [-0.05, 0) is 97.7 Å². The molecule has 4 aliphatic carbocycles. The van der Waals surface area contributed by atoms with Gasteiger partial charge in [0, 0.05) is 19.3 Å². The SMILES string of the molecule is CC(C)CCC[C@@H](C)[C@H]1CC[C@H]2[C@@H]3CC=C4C[C@@H](OC(=O)CCCC(=O)O)CC[C@]4(C)[C@H]3CC[C@]12C. The molecule has 0 aromatic heterocycles. The molecule has 4 aliphatic rings. The molecule has 0 amide bonds. The summed E-state index contributed by atoms with van der Waals surface area (Å²) in [5, 5.41) is 8.81. The minimum atomic E-state index is -0.851. The molecule has 0 radical (unpaired) electrons. The molecule has 0 aromatic carbocycles. The van der Waals surface area contributed by atoms with Crippen LogP contribution in [0.1, 0.15) is 125 Å². The Balaban J connectivity index is 1.38. The van der Waals surface area contributed by atoms with Crippen molar-refractivity contribution >= 4 is 11.9 Å². The number of carboxylic acids is 1. The minimum absolute atomic E-state index is 0.0315. The van der Waals surface area contributed by atoms with Crippen molar-refractivity contribution in [1.82, 2.24) is 0 Å². The van der Waals surface area contributed by atoms with E-state index in [1.54, 1.807) is 5.57 Å². The molecule has 3 fully saturated rings. The number of ether oxygens (including phenoxy) is 1. The number of carbonyl (C=O) groups excluding carboxylic acids is 1. The summed E-state index contributed by atoms with van der Waals surface area (Å²) >= 11 is 0. The molecule has 0 aliphatic heterocycles. The van der Waals surface area contributed by atoms with Gasteiger partial charge in [-0.25, -0.2) is 0 Å². The van der Waals surface area contributed by atoms with Gasteiger partial charge in [0.2, 0.25) is 0 Å². The van der Waals surface area contributed by atoms with Crippen LogP contribution in [0.25, 0.3) is 0 Å². The van der Waals surface area contributed by atoms with E-state index < -0.39 is 5.97 Å². The first-order chi connectivity index (χ1) is 17.0. The summed E-state index contributed by atoms with van der Waals surface area (Å²) < 4.78 is 5.80. The molecule has 0 aromatic rings. The van der Waals surface area contributed by atoms with Crippen LogP contribution < -0.4 is 0 Å². The van der Waals surface area contributed by atoms with E-state index in [1.807, 2.05) is 0 Å². The summed E-state index contributed by atoms with van der Waals surface area (Å²) in [6, 6.07) is 0. The maximum Gasteiger partial charge on any atom is 0.306 e. The zero-order valence-corrected chi connectivity index (χ0v) is 23.7. The molecule has 4 rings (SSSR count). The maximum atomic E-state index is 12.3. The zero-order chi connectivity index (χ0) is 26.1. The highest BCUT2D eigenvalue weighted by Gasteiger charge is 2.59. The van der Waals surface area contributed by atoms with E-state index in [2.05, 4.69) is 40.7 Å². The Morgan fingerprint density at radius 3 is 2.50 bits per heavy atom. The molecule has 0 bridgehead atoms. The fourth-order valence-electron chi connectivity index (χ4n) is 9.38. The molecule has 0 spiro atoms. The van der Waals surface area contributed by atoms with E-state index in [4.69, 9.17) is 9.84 Å². The summed E-state index contributed by atoms with van der Waals surface area (Å²) in [5.74, 6) is 3.94. The summed E-state index contributed by atoms with van der Waals surface area (Å²) in [4.78, 5) is 23.0. The van der Waals surface area contributed by atoms with Gasteiger partial charge in [-0.15, -0.1) is 0 Å². The van der Waals surface area contributed by atoms with Crippen LogP contribution in [0.2, 0.25) is 0 Å². The second kappa shape index (κ2) is 11.2. The van der Waals surface area contributed by atoms with Crippen molar-refractivity contribution in [3.8, 4) is 0 Å². The molecular formula is C32H52O4. The first kappa shape index (κ1) is 27.7. The third-order valence-corrected chi connectivity index (χ3v) is 11.3. The molecule has 0 unspecified atom stereocenters. The van der Waals surface area contributed by atoms with E-state index >= 15 is 0 Å². The van der Waals surface area contributed by atoms with Crippen molar-refractivity contribution in [2.75, 3.05) is 0 Å². The maximum absolute atomic E-state index is 12.3. The van der Waals surface area contributed by atoms with Crippen LogP contribution in [0.4, 0.5) is 0 Å². The van der Waals surface area contributed by atoms with Gasteiger partial charge in [0.05, 0.1) is 0 Å². The second-order valence-corrected chi connectivity index (χ2v) is 13.9. The van der Waals surface area contributed by atoms with Gasteiger partial charge in [0.1, 0.15) is 6.10 Å². The Kier molecular flexibility index (Phi) is 8.62. The predicted octanol–water partition coefficient (Wildman–Crippen LogP) is 8.19. The van der Waals surface area contributed by atoms with Crippen molar-refractivity contribution in [3.05, 3.63) is 11.6 Å². The van der Waals surface area contributed by atoms with Crippen LogP contribution in [0.3, 0.4) is 0 Å². The lowest BCUT2D eigenvalue weighted by Gasteiger charge is -2.58. The number of aliphatic carboxylic acids is 1. The third kappa shape index (κ3) is 5.58. The number of hydrogen-bond acceptors (Lipinski definition) is 3. The average molecular weight is 501 g/mol. The van der Waals surface area contributed by atoms with Crippen LogP contribution in [0.5, 0.6) is 0 Å². The van der Waals surface area contributed by atoms with Gasteiger partial charge < -0.3 is 9.84 Å². The van der Waals surface area contributed by atoms with E-state index in [1.165, 1.54) is 51.4 Å². The van der Waals surface area contributed by atoms with Gasteiger partial charge in [0.15, 0.2) is 0 Å². The largest absolute Gasteiger partial charge is 0.481 e. The van der Waals surface area contributed by atoms with Gasteiger partial charge >= 0.3 is 11.9 Å².